The molecule has 3 heteroatoms. The van der Waals surface area contributed by atoms with Gasteiger partial charge in [0, 0.05) is 0 Å². The van der Waals surface area contributed by atoms with Crippen molar-refractivity contribution in [3.63, 3.8) is 0 Å². The smallest absolute Gasteiger partial charge is 0.145 e. The lowest BCUT2D eigenvalue weighted by molar-refractivity contribution is 0.317. The van der Waals surface area contributed by atoms with Crippen LogP contribution in [0.5, 0.6) is 0 Å². The number of nitrogens with one attached hydrogen (secondary N) is 1. The summed E-state index contributed by atoms with van der Waals surface area (Å²) in [5.41, 5.74) is 2.07. The highest BCUT2D eigenvalue weighted by molar-refractivity contribution is 6.30. The molecule has 0 radical (unpaired) electrons. The lowest BCUT2D eigenvalue weighted by atomic mass is 9.78. The van der Waals surface area contributed by atoms with Crippen LogP contribution in [-0.2, 0) is 6.42 Å². The van der Waals surface area contributed by atoms with Crippen LogP contribution in [0.3, 0.4) is 0 Å². The Kier molecular flexibility index (Phi) is 4.57. The zero-order valence-electron chi connectivity index (χ0n) is 11.9. The van der Waals surface area contributed by atoms with Crippen LogP contribution in [0.2, 0.25) is 5.02 Å². The van der Waals surface area contributed by atoms with Crippen molar-refractivity contribution < 1.29 is 4.39 Å². The van der Waals surface area contributed by atoms with Crippen molar-refractivity contribution in [1.29, 1.82) is 0 Å². The molecule has 1 aliphatic rings. The van der Waals surface area contributed by atoms with E-state index in [0.29, 0.717) is 5.92 Å². The number of halogens is 2. The average molecular weight is 304 g/mol. The first-order chi connectivity index (χ1) is 10.3. The van der Waals surface area contributed by atoms with Crippen LogP contribution in [-0.4, -0.2) is 13.1 Å². The summed E-state index contributed by atoms with van der Waals surface area (Å²) in [4.78, 5) is 0. The van der Waals surface area contributed by atoms with E-state index >= 15 is 0 Å². The third-order valence-electron chi connectivity index (χ3n) is 4.33. The standard InChI is InChI=1S/C18H19ClFN/c19-17-8-4-7-16(18(17)20)15-9-10-21-12-14(15)11-13-5-2-1-3-6-13/h1-8,14-15,21H,9-12H2. The largest absolute Gasteiger partial charge is 0.316 e. The number of rotatable bonds is 3. The van der Waals surface area contributed by atoms with Gasteiger partial charge in [-0.2, -0.15) is 0 Å². The van der Waals surface area contributed by atoms with Gasteiger partial charge >= 0.3 is 0 Å². The molecule has 2 aromatic carbocycles. The van der Waals surface area contributed by atoms with Gasteiger partial charge in [-0.05, 0) is 55.0 Å². The first-order valence-corrected chi connectivity index (χ1v) is 7.82. The Labute approximate surface area is 130 Å². The van der Waals surface area contributed by atoms with E-state index in [4.69, 9.17) is 11.6 Å². The molecule has 0 saturated carbocycles. The zero-order chi connectivity index (χ0) is 14.7. The number of piperidine rings is 1. The fourth-order valence-corrected chi connectivity index (χ4v) is 3.45. The molecule has 110 valence electrons. The maximum atomic E-state index is 14.3. The van der Waals surface area contributed by atoms with Gasteiger partial charge in [-0.15, -0.1) is 0 Å². The van der Waals surface area contributed by atoms with Crippen LogP contribution in [0.4, 0.5) is 4.39 Å². The maximum Gasteiger partial charge on any atom is 0.145 e. The molecule has 2 unspecified atom stereocenters. The predicted octanol–water partition coefficient (Wildman–Crippen LogP) is 4.41. The highest BCUT2D eigenvalue weighted by atomic mass is 35.5. The molecule has 0 spiro atoms. The van der Waals surface area contributed by atoms with Crippen LogP contribution >= 0.6 is 11.6 Å². The van der Waals surface area contributed by atoms with Gasteiger partial charge in [0.25, 0.3) is 0 Å². The lowest BCUT2D eigenvalue weighted by Crippen LogP contribution is -2.36. The Hall–Kier alpha value is -1.38. The quantitative estimate of drug-likeness (QED) is 0.885. The second-order valence-corrected chi connectivity index (χ2v) is 6.10. The second kappa shape index (κ2) is 6.59. The monoisotopic (exact) mass is 303 g/mol. The minimum atomic E-state index is -0.246. The zero-order valence-corrected chi connectivity index (χ0v) is 12.6. The molecular weight excluding hydrogens is 285 g/mol. The van der Waals surface area contributed by atoms with Crippen molar-refractivity contribution in [2.24, 2.45) is 5.92 Å². The fraction of sp³-hybridized carbons (Fsp3) is 0.333. The molecule has 21 heavy (non-hydrogen) atoms. The molecule has 1 fully saturated rings. The van der Waals surface area contributed by atoms with Gasteiger partial charge in [0.2, 0.25) is 0 Å². The molecule has 1 N–H and O–H groups in total. The van der Waals surface area contributed by atoms with Crippen LogP contribution < -0.4 is 5.32 Å². The van der Waals surface area contributed by atoms with E-state index in [9.17, 15) is 4.39 Å². The third-order valence-corrected chi connectivity index (χ3v) is 4.62. The first-order valence-electron chi connectivity index (χ1n) is 7.44. The van der Waals surface area contributed by atoms with Gasteiger partial charge in [-0.25, -0.2) is 4.39 Å². The topological polar surface area (TPSA) is 12.0 Å². The number of hydrogen-bond acceptors (Lipinski definition) is 1. The highest BCUT2D eigenvalue weighted by Gasteiger charge is 2.29. The van der Waals surface area contributed by atoms with Gasteiger partial charge in [0.05, 0.1) is 5.02 Å². The van der Waals surface area contributed by atoms with E-state index in [0.717, 1.165) is 31.5 Å². The SMILES string of the molecule is Fc1c(Cl)cccc1C1CCNCC1Cc1ccccc1. The van der Waals surface area contributed by atoms with Crippen molar-refractivity contribution in [2.45, 2.75) is 18.8 Å². The van der Waals surface area contributed by atoms with E-state index in [1.807, 2.05) is 18.2 Å². The normalized spacial score (nSPS) is 22.2. The number of benzene rings is 2. The van der Waals surface area contributed by atoms with Crippen molar-refractivity contribution in [1.82, 2.24) is 5.32 Å². The van der Waals surface area contributed by atoms with Crippen LogP contribution in [0.25, 0.3) is 0 Å². The van der Waals surface area contributed by atoms with Gasteiger partial charge in [0.1, 0.15) is 5.82 Å². The summed E-state index contributed by atoms with van der Waals surface area (Å²) < 4.78 is 14.3. The molecule has 1 saturated heterocycles. The molecule has 2 aromatic rings. The Bertz CT molecular complexity index is 599. The summed E-state index contributed by atoms with van der Waals surface area (Å²) in [6.07, 6.45) is 1.92. The Morgan fingerprint density at radius 2 is 1.90 bits per heavy atom. The lowest BCUT2D eigenvalue weighted by Gasteiger charge is -2.33. The van der Waals surface area contributed by atoms with Gasteiger partial charge in [-0.3, -0.25) is 0 Å². The van der Waals surface area contributed by atoms with Crippen LogP contribution in [0, 0.1) is 11.7 Å². The summed E-state index contributed by atoms with van der Waals surface area (Å²) >= 11 is 5.95. The Morgan fingerprint density at radius 1 is 1.10 bits per heavy atom. The van der Waals surface area contributed by atoms with Crippen molar-refractivity contribution in [2.75, 3.05) is 13.1 Å². The van der Waals surface area contributed by atoms with Crippen molar-refractivity contribution >= 4 is 11.6 Å². The predicted molar refractivity (Wildman–Crippen MR) is 85.3 cm³/mol. The van der Waals surface area contributed by atoms with E-state index in [1.54, 1.807) is 6.07 Å². The molecule has 1 nitrogen and oxygen atoms in total. The molecule has 0 aliphatic carbocycles. The van der Waals surface area contributed by atoms with E-state index in [1.165, 1.54) is 5.56 Å². The van der Waals surface area contributed by atoms with Crippen LogP contribution in [0.1, 0.15) is 23.5 Å². The summed E-state index contributed by atoms with van der Waals surface area (Å²) in [7, 11) is 0. The Morgan fingerprint density at radius 3 is 2.71 bits per heavy atom. The second-order valence-electron chi connectivity index (χ2n) is 5.69. The molecule has 0 bridgehead atoms. The van der Waals surface area contributed by atoms with E-state index in [2.05, 4.69) is 29.6 Å². The van der Waals surface area contributed by atoms with Gasteiger partial charge < -0.3 is 5.32 Å². The summed E-state index contributed by atoms with van der Waals surface area (Å²) in [6.45, 7) is 1.85. The molecule has 0 aromatic heterocycles. The van der Waals surface area contributed by atoms with Crippen molar-refractivity contribution in [3.05, 3.63) is 70.5 Å². The van der Waals surface area contributed by atoms with E-state index < -0.39 is 0 Å². The molecular formula is C18H19ClFN. The first kappa shape index (κ1) is 14.6. The molecule has 1 aliphatic heterocycles. The molecule has 3 rings (SSSR count). The minimum absolute atomic E-state index is 0.226. The van der Waals surface area contributed by atoms with E-state index in [-0.39, 0.29) is 16.8 Å². The summed E-state index contributed by atoms with van der Waals surface area (Å²) in [6, 6.07) is 15.8. The molecule has 0 amide bonds. The Balaban J connectivity index is 1.86. The molecule has 2 atom stereocenters. The maximum absolute atomic E-state index is 14.3. The van der Waals surface area contributed by atoms with Gasteiger partial charge in [0.15, 0.2) is 0 Å². The number of hydrogen-bond donors (Lipinski definition) is 1. The average Bonchev–Trinajstić information content (AvgIpc) is 2.52. The third kappa shape index (κ3) is 3.28. The molecule has 1 heterocycles. The highest BCUT2D eigenvalue weighted by Crippen LogP contribution is 2.35. The fourth-order valence-electron chi connectivity index (χ4n) is 3.27. The summed E-state index contributed by atoms with van der Waals surface area (Å²) in [5, 5.41) is 3.66. The van der Waals surface area contributed by atoms with Crippen molar-refractivity contribution in [3.8, 4) is 0 Å². The van der Waals surface area contributed by atoms with Crippen LogP contribution in [0.15, 0.2) is 48.5 Å². The summed E-state index contributed by atoms with van der Waals surface area (Å²) in [5.74, 6) is 0.378. The minimum Gasteiger partial charge on any atom is -0.316 e. The van der Waals surface area contributed by atoms with Gasteiger partial charge in [-0.1, -0.05) is 54.1 Å².